The van der Waals surface area contributed by atoms with Crippen molar-refractivity contribution < 1.29 is 13.6 Å². The Morgan fingerprint density at radius 3 is 2.83 bits per heavy atom. The van der Waals surface area contributed by atoms with Crippen LogP contribution in [0.4, 0.5) is 8.78 Å². The SMILES string of the molecule is O=Cc1cnn([C@H]2CC2(F)F)c1. The van der Waals surface area contributed by atoms with E-state index < -0.39 is 12.0 Å². The third-order valence-electron chi connectivity index (χ3n) is 1.87. The molecule has 0 aromatic carbocycles. The molecule has 64 valence electrons. The molecule has 0 N–H and O–H groups in total. The summed E-state index contributed by atoms with van der Waals surface area (Å²) < 4.78 is 26.0. The lowest BCUT2D eigenvalue weighted by Gasteiger charge is -1.96. The summed E-state index contributed by atoms with van der Waals surface area (Å²) in [5, 5.41) is 3.65. The Hall–Kier alpha value is -1.26. The normalized spacial score (nSPS) is 25.3. The Bertz CT molecular complexity index is 321. The van der Waals surface area contributed by atoms with E-state index in [1.807, 2.05) is 0 Å². The van der Waals surface area contributed by atoms with Gasteiger partial charge in [-0.15, -0.1) is 0 Å². The zero-order valence-corrected chi connectivity index (χ0v) is 6.08. The van der Waals surface area contributed by atoms with Crippen LogP contribution in [0.5, 0.6) is 0 Å². The topological polar surface area (TPSA) is 34.9 Å². The van der Waals surface area contributed by atoms with Gasteiger partial charge in [0.25, 0.3) is 5.92 Å². The van der Waals surface area contributed by atoms with Crippen molar-refractivity contribution in [2.45, 2.75) is 18.4 Å². The minimum Gasteiger partial charge on any atom is -0.298 e. The highest BCUT2D eigenvalue weighted by Gasteiger charge is 2.59. The van der Waals surface area contributed by atoms with Crippen LogP contribution >= 0.6 is 0 Å². The van der Waals surface area contributed by atoms with Crippen LogP contribution in [0, 0.1) is 0 Å². The van der Waals surface area contributed by atoms with Crippen molar-refractivity contribution in [3.05, 3.63) is 18.0 Å². The quantitative estimate of drug-likeness (QED) is 0.630. The fraction of sp³-hybridized carbons (Fsp3) is 0.429. The van der Waals surface area contributed by atoms with Crippen LogP contribution in [0.2, 0.25) is 0 Å². The molecule has 1 aliphatic rings. The number of aldehydes is 1. The Balaban J connectivity index is 2.20. The molecule has 0 spiro atoms. The molecule has 3 nitrogen and oxygen atoms in total. The third-order valence-corrected chi connectivity index (χ3v) is 1.87. The number of hydrogen-bond donors (Lipinski definition) is 0. The van der Waals surface area contributed by atoms with Gasteiger partial charge in [0.05, 0.1) is 11.8 Å². The number of alkyl halides is 2. The van der Waals surface area contributed by atoms with Crippen molar-refractivity contribution >= 4 is 6.29 Å². The summed E-state index contributed by atoms with van der Waals surface area (Å²) in [5.41, 5.74) is 0.331. The third kappa shape index (κ3) is 1.01. The van der Waals surface area contributed by atoms with Gasteiger partial charge < -0.3 is 0 Å². The first kappa shape index (κ1) is 7.39. The lowest BCUT2D eigenvalue weighted by atomic mass is 10.4. The maximum Gasteiger partial charge on any atom is 0.272 e. The molecular formula is C7H6F2N2O. The summed E-state index contributed by atoms with van der Waals surface area (Å²) in [5.74, 6) is -2.63. The van der Waals surface area contributed by atoms with Gasteiger partial charge in [-0.05, 0) is 0 Å². The van der Waals surface area contributed by atoms with Gasteiger partial charge in [0, 0.05) is 12.6 Å². The van der Waals surface area contributed by atoms with Gasteiger partial charge in [-0.25, -0.2) is 8.78 Å². The number of rotatable bonds is 2. The molecule has 1 atom stereocenters. The van der Waals surface area contributed by atoms with E-state index in [9.17, 15) is 13.6 Å². The molecule has 0 amide bonds. The van der Waals surface area contributed by atoms with Crippen molar-refractivity contribution in [2.24, 2.45) is 0 Å². The summed E-state index contributed by atoms with van der Waals surface area (Å²) in [6.45, 7) is 0. The van der Waals surface area contributed by atoms with Crippen LogP contribution in [0.3, 0.4) is 0 Å². The van der Waals surface area contributed by atoms with Crippen molar-refractivity contribution in [3.8, 4) is 0 Å². The van der Waals surface area contributed by atoms with E-state index in [-0.39, 0.29) is 6.42 Å². The Labute approximate surface area is 67.0 Å². The molecule has 2 rings (SSSR count). The van der Waals surface area contributed by atoms with Crippen molar-refractivity contribution in [2.75, 3.05) is 0 Å². The molecule has 1 aliphatic carbocycles. The summed E-state index contributed by atoms with van der Waals surface area (Å²) in [6, 6.07) is -0.841. The van der Waals surface area contributed by atoms with Crippen LogP contribution in [0.15, 0.2) is 12.4 Å². The molecule has 5 heteroatoms. The molecule has 12 heavy (non-hydrogen) atoms. The van der Waals surface area contributed by atoms with E-state index in [0.29, 0.717) is 11.8 Å². The number of hydrogen-bond acceptors (Lipinski definition) is 2. The second-order valence-corrected chi connectivity index (χ2v) is 2.85. The molecule has 0 bridgehead atoms. The minimum absolute atomic E-state index is 0.174. The lowest BCUT2D eigenvalue weighted by Crippen LogP contribution is -2.02. The van der Waals surface area contributed by atoms with Crippen molar-refractivity contribution in [1.29, 1.82) is 0 Å². The molecular weight excluding hydrogens is 166 g/mol. The van der Waals surface area contributed by atoms with Gasteiger partial charge in [0.1, 0.15) is 6.04 Å². The average Bonchev–Trinajstić information content (AvgIpc) is 2.52. The maximum absolute atomic E-state index is 12.4. The van der Waals surface area contributed by atoms with Gasteiger partial charge in [-0.1, -0.05) is 0 Å². The van der Waals surface area contributed by atoms with Crippen LogP contribution in [0.25, 0.3) is 0 Å². The largest absolute Gasteiger partial charge is 0.298 e. The van der Waals surface area contributed by atoms with Gasteiger partial charge >= 0.3 is 0 Å². The lowest BCUT2D eigenvalue weighted by molar-refractivity contribution is 0.0981. The predicted molar refractivity (Wildman–Crippen MR) is 36.2 cm³/mol. The number of carbonyl (C=O) groups excluding carboxylic acids is 1. The van der Waals surface area contributed by atoms with E-state index in [0.717, 1.165) is 4.68 Å². The van der Waals surface area contributed by atoms with E-state index in [2.05, 4.69) is 5.10 Å². The van der Waals surface area contributed by atoms with E-state index in [4.69, 9.17) is 0 Å². The highest BCUT2D eigenvalue weighted by atomic mass is 19.3. The monoisotopic (exact) mass is 172 g/mol. The fourth-order valence-electron chi connectivity index (χ4n) is 1.07. The molecule has 1 heterocycles. The van der Waals surface area contributed by atoms with Gasteiger partial charge in [-0.3, -0.25) is 9.48 Å². The average molecular weight is 172 g/mol. The second kappa shape index (κ2) is 2.12. The summed E-state index contributed by atoms with van der Waals surface area (Å²) in [4.78, 5) is 10.2. The Kier molecular flexibility index (Phi) is 1.31. The summed E-state index contributed by atoms with van der Waals surface area (Å²) >= 11 is 0. The number of aromatic nitrogens is 2. The first-order chi connectivity index (χ1) is 5.63. The standard InChI is InChI=1S/C7H6F2N2O/c8-7(9)1-6(7)11-3-5(4-12)2-10-11/h2-4,6H,1H2/t6-/m0/s1. The van der Waals surface area contributed by atoms with Crippen molar-refractivity contribution in [3.63, 3.8) is 0 Å². The van der Waals surface area contributed by atoms with E-state index in [1.165, 1.54) is 12.4 Å². The van der Waals surface area contributed by atoms with Crippen LogP contribution < -0.4 is 0 Å². The van der Waals surface area contributed by atoms with Crippen LogP contribution in [-0.4, -0.2) is 22.0 Å². The molecule has 1 saturated carbocycles. The number of carbonyl (C=O) groups is 1. The molecule has 1 aromatic rings. The summed E-state index contributed by atoms with van der Waals surface area (Å²) in [7, 11) is 0. The molecule has 1 fully saturated rings. The molecule has 0 aliphatic heterocycles. The fourth-order valence-corrected chi connectivity index (χ4v) is 1.07. The van der Waals surface area contributed by atoms with Gasteiger partial charge in [0.15, 0.2) is 6.29 Å². The molecule has 1 aromatic heterocycles. The van der Waals surface area contributed by atoms with E-state index in [1.54, 1.807) is 0 Å². The predicted octanol–water partition coefficient (Wildman–Crippen LogP) is 1.28. The highest BCUT2D eigenvalue weighted by molar-refractivity contribution is 5.73. The number of nitrogens with zero attached hydrogens (tertiary/aromatic N) is 2. The maximum atomic E-state index is 12.4. The first-order valence-electron chi connectivity index (χ1n) is 3.50. The molecule has 0 unspecified atom stereocenters. The zero-order chi connectivity index (χ0) is 8.77. The Morgan fingerprint density at radius 1 is 1.75 bits per heavy atom. The molecule has 0 saturated heterocycles. The smallest absolute Gasteiger partial charge is 0.272 e. The highest BCUT2D eigenvalue weighted by Crippen LogP contribution is 2.51. The van der Waals surface area contributed by atoms with Gasteiger partial charge in [-0.2, -0.15) is 5.10 Å². The molecule has 0 radical (unpaired) electrons. The van der Waals surface area contributed by atoms with E-state index >= 15 is 0 Å². The first-order valence-corrected chi connectivity index (χ1v) is 3.50. The second-order valence-electron chi connectivity index (χ2n) is 2.85. The number of halogens is 2. The van der Waals surface area contributed by atoms with Crippen LogP contribution in [0.1, 0.15) is 22.8 Å². The Morgan fingerprint density at radius 2 is 2.42 bits per heavy atom. The van der Waals surface area contributed by atoms with Crippen molar-refractivity contribution in [1.82, 2.24) is 9.78 Å². The minimum atomic E-state index is -2.63. The summed E-state index contributed by atoms with van der Waals surface area (Å²) in [6.07, 6.45) is 3.02. The van der Waals surface area contributed by atoms with Crippen LogP contribution in [-0.2, 0) is 0 Å². The van der Waals surface area contributed by atoms with Gasteiger partial charge in [0.2, 0.25) is 0 Å². The zero-order valence-electron chi connectivity index (χ0n) is 6.08.